The minimum atomic E-state index is 0. The van der Waals surface area contributed by atoms with Crippen molar-refractivity contribution in [2.75, 3.05) is 157 Å². The van der Waals surface area contributed by atoms with Gasteiger partial charge < -0.3 is 38.9 Å². The van der Waals surface area contributed by atoms with Gasteiger partial charge in [0.1, 0.15) is 0 Å². The molecule has 0 N–H and O–H groups in total. The highest BCUT2D eigenvalue weighted by Crippen LogP contribution is 2.17. The van der Waals surface area contributed by atoms with Crippen LogP contribution in [-0.4, -0.2) is 249 Å². The van der Waals surface area contributed by atoms with Crippen molar-refractivity contribution in [1.29, 1.82) is 0 Å². The zero-order valence-electron chi connectivity index (χ0n) is 49.1. The van der Waals surface area contributed by atoms with Crippen LogP contribution in [0.2, 0.25) is 0 Å². The molecule has 67 heavy (non-hydrogen) atoms. The molecule has 3 rings (SSSR count). The van der Waals surface area contributed by atoms with Crippen LogP contribution in [0.1, 0.15) is 130 Å². The van der Waals surface area contributed by atoms with Crippen molar-refractivity contribution < 1.29 is 9.47 Å². The molecule has 0 aromatic rings. The molecule has 11 heteroatoms. The fourth-order valence-electron chi connectivity index (χ4n) is 6.80. The Morgan fingerprint density at radius 1 is 0.612 bits per heavy atom. The summed E-state index contributed by atoms with van der Waals surface area (Å²) in [6.45, 7) is 42.8. The normalized spacial score (nSPS) is 18.6. The lowest BCUT2D eigenvalue weighted by Crippen LogP contribution is -2.47. The van der Waals surface area contributed by atoms with Gasteiger partial charge in [0.05, 0.1) is 30.9 Å². The first-order valence-electron chi connectivity index (χ1n) is 25.8. The van der Waals surface area contributed by atoms with E-state index in [1.54, 1.807) is 7.11 Å². The van der Waals surface area contributed by atoms with Crippen molar-refractivity contribution in [3.63, 3.8) is 0 Å². The second kappa shape index (κ2) is 41.3. The number of rotatable bonds is 15. The predicted octanol–water partition coefficient (Wildman–Crippen LogP) is 8.30. The number of ether oxygens (including phenoxy) is 2. The Morgan fingerprint density at radius 2 is 1.04 bits per heavy atom. The van der Waals surface area contributed by atoms with Crippen LogP contribution in [0, 0.1) is 35.5 Å². The van der Waals surface area contributed by atoms with E-state index in [4.69, 9.17) is 9.47 Å². The first-order valence-corrected chi connectivity index (χ1v) is 25.8. The number of hydrogen-bond donors (Lipinski definition) is 0. The number of hydrogen-bond acceptors (Lipinski definition) is 11. The van der Waals surface area contributed by atoms with Gasteiger partial charge in [-0.1, -0.05) is 58.8 Å². The third-order valence-corrected chi connectivity index (χ3v) is 12.3. The molecule has 0 aromatic heterocycles. The molecule has 3 atom stereocenters. The van der Waals surface area contributed by atoms with Crippen LogP contribution >= 0.6 is 0 Å². The van der Waals surface area contributed by atoms with Crippen molar-refractivity contribution in [3.05, 3.63) is 0 Å². The predicted molar refractivity (Wildman–Crippen MR) is 300 cm³/mol. The molecule has 0 bridgehead atoms. The van der Waals surface area contributed by atoms with Crippen LogP contribution in [0.3, 0.4) is 0 Å². The van der Waals surface area contributed by atoms with Crippen LogP contribution in [0.25, 0.3) is 0 Å². The maximum absolute atomic E-state index is 5.63. The molecule has 0 saturated carbocycles. The van der Waals surface area contributed by atoms with E-state index in [-0.39, 0.29) is 25.2 Å². The highest BCUT2D eigenvalue weighted by Gasteiger charge is 2.24. The number of likely N-dealkylation sites (N-methyl/N-ethyl adjacent to an activating group) is 6. The third-order valence-electron chi connectivity index (χ3n) is 12.3. The van der Waals surface area contributed by atoms with Crippen molar-refractivity contribution in [3.8, 4) is 23.7 Å². The van der Waals surface area contributed by atoms with Gasteiger partial charge in [0, 0.05) is 95.0 Å². The third kappa shape index (κ3) is 42.1. The number of nitrogens with zero attached hydrogens (tertiary/aromatic N) is 9. The molecular weight excluding hydrogens is 831 g/mol. The van der Waals surface area contributed by atoms with Crippen molar-refractivity contribution in [2.45, 2.75) is 178 Å². The molecule has 3 aliphatic rings. The van der Waals surface area contributed by atoms with Crippen molar-refractivity contribution in [2.24, 2.45) is 11.8 Å². The molecule has 3 saturated heterocycles. The summed E-state index contributed by atoms with van der Waals surface area (Å²) in [5, 5.41) is 0. The molecule has 1 unspecified atom stereocenters. The van der Waals surface area contributed by atoms with E-state index in [1.807, 2.05) is 42.0 Å². The minimum Gasteiger partial charge on any atom is -0.382 e. The number of piperazine rings is 1. The van der Waals surface area contributed by atoms with Crippen molar-refractivity contribution in [1.82, 2.24) is 44.1 Å². The van der Waals surface area contributed by atoms with Gasteiger partial charge in [-0.15, -0.1) is 0 Å². The molecule has 0 aliphatic carbocycles. The maximum atomic E-state index is 5.63. The Labute approximate surface area is 422 Å². The van der Waals surface area contributed by atoms with E-state index in [1.165, 1.54) is 78.0 Å². The SMILES string of the molecule is C.CC(C)C#CC(C)(C)N(C)C.CC(C)C#CCN(C)C.CC(C)N(C)C[C@@H]1CCCN1C.CC(C)N(C)C[C@H]1CCCN1C.CC(C)N1CCN(C)CC1.COCC(CN(C)C)OC(C)C. The van der Waals surface area contributed by atoms with Gasteiger partial charge in [0.2, 0.25) is 0 Å². The highest BCUT2D eigenvalue weighted by atomic mass is 16.5. The van der Waals surface area contributed by atoms with Gasteiger partial charge in [0.25, 0.3) is 0 Å². The monoisotopic (exact) mass is 952 g/mol. The summed E-state index contributed by atoms with van der Waals surface area (Å²) in [5.41, 5.74) is 0.00424. The first kappa shape index (κ1) is 72.2. The summed E-state index contributed by atoms with van der Waals surface area (Å²) in [4.78, 5) is 21.1. The summed E-state index contributed by atoms with van der Waals surface area (Å²) in [5.74, 6) is 13.5. The lowest BCUT2D eigenvalue weighted by Gasteiger charge is -2.34. The zero-order valence-corrected chi connectivity index (χ0v) is 49.1. The molecular formula is C56H121N9O2. The second-order valence-corrected chi connectivity index (χ2v) is 22.2. The van der Waals surface area contributed by atoms with E-state index in [2.05, 4.69) is 200 Å². The molecule has 3 aliphatic heterocycles. The van der Waals surface area contributed by atoms with E-state index in [9.17, 15) is 0 Å². The van der Waals surface area contributed by atoms with Crippen LogP contribution in [0.15, 0.2) is 0 Å². The number of methoxy groups -OCH3 is 1. The standard InChI is InChI=1S/2C10H22N2.C10H19N.C9H21NO2.C8H18N2.C8H15N.CH4/c2*1-9(2)12(4)8-10-6-5-7-11(10)3;1-9(2)7-8-10(3,4)11(5)6;1-8(2)12-9(7-11-5)6-10(3)4;1-8(2)10-6-4-9(3)5-7-10;1-8(2)6-5-7-9(3)4;/h2*9-10H,5-8H2,1-4H3;9H,1-6H3;8-9H,6-7H2,1-5H3;8H,4-7H2,1-3H3;8H,7H2,1-4H3;1H4/t2*10-;;;;;/m10...../s1. The van der Waals surface area contributed by atoms with Crippen LogP contribution in [-0.2, 0) is 9.47 Å². The minimum absolute atomic E-state index is 0. The first-order chi connectivity index (χ1) is 30.5. The molecule has 402 valence electrons. The van der Waals surface area contributed by atoms with Crippen LogP contribution in [0.5, 0.6) is 0 Å². The molecule has 0 aromatic carbocycles. The molecule has 0 amide bonds. The van der Waals surface area contributed by atoms with E-state index in [0.29, 0.717) is 30.5 Å². The maximum Gasteiger partial charge on any atom is 0.0938 e. The lowest BCUT2D eigenvalue weighted by molar-refractivity contribution is -0.0435. The highest BCUT2D eigenvalue weighted by molar-refractivity contribution is 5.15. The topological polar surface area (TPSA) is 47.6 Å². The Morgan fingerprint density at radius 3 is 1.33 bits per heavy atom. The summed E-state index contributed by atoms with van der Waals surface area (Å²) in [6, 6.07) is 3.70. The Bertz CT molecular complexity index is 1200. The van der Waals surface area contributed by atoms with Crippen LogP contribution < -0.4 is 0 Å². The van der Waals surface area contributed by atoms with Gasteiger partial charge in [-0.25, -0.2) is 0 Å². The molecule has 0 radical (unpaired) electrons. The summed E-state index contributed by atoms with van der Waals surface area (Å²) >= 11 is 0. The summed E-state index contributed by atoms with van der Waals surface area (Å²) in [7, 11) is 25.0. The van der Waals surface area contributed by atoms with E-state index >= 15 is 0 Å². The summed E-state index contributed by atoms with van der Waals surface area (Å²) in [6.07, 6.45) is 5.98. The van der Waals surface area contributed by atoms with Crippen molar-refractivity contribution >= 4 is 0 Å². The zero-order chi connectivity index (χ0) is 51.7. The average Bonchev–Trinajstić information content (AvgIpc) is 3.80. The Kier molecular flexibility index (Phi) is 44.5. The molecule has 3 heterocycles. The van der Waals surface area contributed by atoms with E-state index < -0.39 is 0 Å². The second-order valence-electron chi connectivity index (χ2n) is 22.2. The number of likely N-dealkylation sites (tertiary alicyclic amines) is 2. The molecule has 11 nitrogen and oxygen atoms in total. The lowest BCUT2D eigenvalue weighted by atomic mass is 10.0. The van der Waals surface area contributed by atoms with E-state index in [0.717, 1.165) is 31.2 Å². The van der Waals surface area contributed by atoms with Gasteiger partial charge in [-0.3, -0.25) is 14.7 Å². The Hall–Kier alpha value is -1.32. The van der Waals surface area contributed by atoms with Gasteiger partial charge in [-0.05, 0) is 186 Å². The quantitative estimate of drug-likeness (QED) is 0.149. The largest absolute Gasteiger partial charge is 0.382 e. The molecule has 3 fully saturated rings. The fourth-order valence-corrected chi connectivity index (χ4v) is 6.80. The molecule has 0 spiro atoms. The van der Waals surface area contributed by atoms with Crippen LogP contribution in [0.4, 0.5) is 0 Å². The van der Waals surface area contributed by atoms with Gasteiger partial charge in [-0.2, -0.15) is 0 Å². The van der Waals surface area contributed by atoms with Gasteiger partial charge >= 0.3 is 0 Å². The van der Waals surface area contributed by atoms with Gasteiger partial charge in [0.15, 0.2) is 0 Å². The average molecular weight is 953 g/mol. The summed E-state index contributed by atoms with van der Waals surface area (Å²) < 4.78 is 10.7. The Balaban J connectivity index is -0.000000355. The fraction of sp³-hybridized carbons (Fsp3) is 0.929. The smallest absolute Gasteiger partial charge is 0.0938 e.